The molecule has 1 saturated heterocycles. The third kappa shape index (κ3) is 2.64. The predicted molar refractivity (Wildman–Crippen MR) is 108 cm³/mol. The number of aromatic nitrogens is 2. The van der Waals surface area contributed by atoms with Crippen molar-refractivity contribution in [1.82, 2.24) is 14.9 Å². The second-order valence-electron chi connectivity index (χ2n) is 8.57. The van der Waals surface area contributed by atoms with E-state index in [-0.39, 0.29) is 11.5 Å². The van der Waals surface area contributed by atoms with Crippen LogP contribution in [-0.2, 0) is 4.79 Å². The number of carbonyl (C=O) groups excluding carboxylic acids is 1. The first-order valence-corrected chi connectivity index (χ1v) is 10.1. The van der Waals surface area contributed by atoms with Crippen molar-refractivity contribution in [2.45, 2.75) is 50.6 Å². The molecule has 3 N–H and O–H groups in total. The number of anilines is 1. The summed E-state index contributed by atoms with van der Waals surface area (Å²) in [5.74, 6) is 1.74. The van der Waals surface area contributed by atoms with Crippen molar-refractivity contribution in [2.24, 2.45) is 22.1 Å². The number of nitrogens with two attached hydrogens (primary N) is 1. The van der Waals surface area contributed by atoms with Gasteiger partial charge in [0, 0.05) is 31.7 Å². The molecule has 1 aromatic rings. The average molecular weight is 378 g/mol. The molecule has 0 aromatic carbocycles. The molecule has 3 saturated carbocycles. The molecule has 7 heteroatoms. The van der Waals surface area contributed by atoms with E-state index in [1.54, 1.807) is 19.5 Å². The summed E-state index contributed by atoms with van der Waals surface area (Å²) in [5, 5.41) is 3.09. The van der Waals surface area contributed by atoms with Gasteiger partial charge in [-0.05, 0) is 56.1 Å². The van der Waals surface area contributed by atoms with Crippen molar-refractivity contribution in [2.75, 3.05) is 12.4 Å². The first-order chi connectivity index (χ1) is 13.6. The molecular formula is C21H26N6O. The van der Waals surface area contributed by atoms with Gasteiger partial charge in [-0.3, -0.25) is 9.79 Å². The highest BCUT2D eigenvalue weighted by Crippen LogP contribution is 2.65. The zero-order valence-corrected chi connectivity index (χ0v) is 16.1. The molecule has 4 fully saturated rings. The maximum Gasteiger partial charge on any atom is 0.229 e. The molecule has 1 amide bonds. The number of carbonyl (C=O) groups is 1. The van der Waals surface area contributed by atoms with Crippen LogP contribution in [0.5, 0.6) is 0 Å². The minimum Gasteiger partial charge on any atom is -0.403 e. The van der Waals surface area contributed by atoms with Gasteiger partial charge in [-0.15, -0.1) is 0 Å². The highest BCUT2D eigenvalue weighted by Gasteiger charge is 2.63. The standard InChI is InChI=1S/C21H26N6O/c1-23-12-15(11-22)25-20-24-5-4-18(26-20)14-6-16-2-3-17(7-14)27(16)19(28)21-8-13(9-21)10-21/h4-6,11-13,16-17H,2-3,7-10,22H2,1H3,(H,24,25,26)/b15-11+,23-12?. The zero-order valence-electron chi connectivity index (χ0n) is 16.1. The lowest BCUT2D eigenvalue weighted by Crippen LogP contribution is -2.63. The van der Waals surface area contributed by atoms with E-state index in [1.165, 1.54) is 11.8 Å². The van der Waals surface area contributed by atoms with Gasteiger partial charge < -0.3 is 16.0 Å². The fourth-order valence-corrected chi connectivity index (χ4v) is 5.33. The Morgan fingerprint density at radius 1 is 1.39 bits per heavy atom. The van der Waals surface area contributed by atoms with E-state index >= 15 is 0 Å². The smallest absolute Gasteiger partial charge is 0.229 e. The van der Waals surface area contributed by atoms with Crippen molar-refractivity contribution < 1.29 is 4.79 Å². The molecule has 0 spiro atoms. The van der Waals surface area contributed by atoms with Crippen molar-refractivity contribution in [3.05, 3.63) is 35.9 Å². The van der Waals surface area contributed by atoms with Crippen molar-refractivity contribution in [1.29, 1.82) is 0 Å². The molecule has 0 radical (unpaired) electrons. The summed E-state index contributed by atoms with van der Waals surface area (Å²) in [4.78, 5) is 28.3. The SMILES string of the molecule is CN=C/C(=C\N)Nc1nccc(C2=CC3CCC(C2)N3C(=O)C23CC(C2)C3)n1. The lowest BCUT2D eigenvalue weighted by Gasteiger charge is -2.62. The number of rotatable bonds is 5. The van der Waals surface area contributed by atoms with Crippen LogP contribution in [-0.4, -0.2) is 46.1 Å². The van der Waals surface area contributed by atoms with Gasteiger partial charge in [-0.25, -0.2) is 9.97 Å². The Bertz CT molecular complexity index is 887. The molecule has 1 aromatic heterocycles. The van der Waals surface area contributed by atoms with Crippen molar-refractivity contribution in [3.8, 4) is 0 Å². The molecule has 6 rings (SSSR count). The normalized spacial score (nSPS) is 33.3. The van der Waals surface area contributed by atoms with Crippen LogP contribution in [0.25, 0.3) is 5.57 Å². The fourth-order valence-electron chi connectivity index (χ4n) is 5.33. The lowest BCUT2D eigenvalue weighted by atomic mass is 9.44. The maximum atomic E-state index is 13.1. The van der Waals surface area contributed by atoms with Crippen molar-refractivity contribution in [3.63, 3.8) is 0 Å². The Labute approximate surface area is 164 Å². The number of hydrogen-bond acceptors (Lipinski definition) is 6. The van der Waals surface area contributed by atoms with Gasteiger partial charge in [-0.2, -0.15) is 0 Å². The van der Waals surface area contributed by atoms with Crippen LogP contribution >= 0.6 is 0 Å². The van der Waals surface area contributed by atoms with Gasteiger partial charge in [0.2, 0.25) is 11.9 Å². The summed E-state index contributed by atoms with van der Waals surface area (Å²) in [5.41, 5.74) is 8.39. The van der Waals surface area contributed by atoms with Crippen LogP contribution in [0.1, 0.15) is 44.2 Å². The molecule has 2 atom stereocenters. The molecule has 5 aliphatic rings. The largest absolute Gasteiger partial charge is 0.403 e. The Kier molecular flexibility index (Phi) is 4.00. The van der Waals surface area contributed by atoms with E-state index in [9.17, 15) is 4.79 Å². The summed E-state index contributed by atoms with van der Waals surface area (Å²) in [6.07, 6.45) is 13.5. The molecule has 28 heavy (non-hydrogen) atoms. The van der Waals surface area contributed by atoms with E-state index in [0.29, 0.717) is 23.6 Å². The second-order valence-corrected chi connectivity index (χ2v) is 8.57. The number of nitrogens with one attached hydrogen (secondary N) is 1. The van der Waals surface area contributed by atoms with Gasteiger partial charge in [-0.1, -0.05) is 6.08 Å². The van der Waals surface area contributed by atoms with Gasteiger partial charge >= 0.3 is 0 Å². The van der Waals surface area contributed by atoms with E-state index in [1.807, 2.05) is 6.07 Å². The average Bonchev–Trinajstić information content (AvgIpc) is 2.88. The third-order valence-corrected chi connectivity index (χ3v) is 6.81. The van der Waals surface area contributed by atoms with Crippen LogP contribution < -0.4 is 11.1 Å². The Morgan fingerprint density at radius 2 is 2.21 bits per heavy atom. The number of nitrogens with zero attached hydrogens (tertiary/aromatic N) is 4. The molecule has 146 valence electrons. The number of allylic oxidation sites excluding steroid dienone is 1. The van der Waals surface area contributed by atoms with Crippen LogP contribution in [0.4, 0.5) is 5.95 Å². The highest BCUT2D eigenvalue weighted by molar-refractivity contribution is 5.88. The quantitative estimate of drug-likeness (QED) is 0.767. The van der Waals surface area contributed by atoms with E-state index < -0.39 is 0 Å². The first-order valence-electron chi connectivity index (χ1n) is 10.1. The minimum absolute atomic E-state index is 0.00858. The van der Waals surface area contributed by atoms with Crippen molar-refractivity contribution >= 4 is 23.6 Å². The number of hydrogen-bond donors (Lipinski definition) is 2. The Balaban J connectivity index is 1.36. The Morgan fingerprint density at radius 3 is 2.86 bits per heavy atom. The first kappa shape index (κ1) is 17.4. The van der Waals surface area contributed by atoms with Gasteiger partial charge in [0.1, 0.15) is 0 Å². The van der Waals surface area contributed by atoms with E-state index in [2.05, 4.69) is 31.3 Å². The predicted octanol–water partition coefficient (Wildman–Crippen LogP) is 2.34. The third-order valence-electron chi connectivity index (χ3n) is 6.81. The van der Waals surface area contributed by atoms with Crippen LogP contribution in [0.15, 0.2) is 35.2 Å². The van der Waals surface area contributed by atoms with Gasteiger partial charge in [0.05, 0.1) is 22.8 Å². The summed E-state index contributed by atoms with van der Waals surface area (Å²) in [6, 6.07) is 2.47. The van der Waals surface area contributed by atoms with Crippen LogP contribution in [0, 0.1) is 11.3 Å². The molecule has 2 aliphatic heterocycles. The second kappa shape index (κ2) is 6.43. The lowest BCUT2D eigenvalue weighted by molar-refractivity contribution is -0.179. The van der Waals surface area contributed by atoms with E-state index in [0.717, 1.165) is 50.1 Å². The molecule has 2 unspecified atom stereocenters. The highest BCUT2D eigenvalue weighted by atomic mass is 16.2. The van der Waals surface area contributed by atoms with Crippen LogP contribution in [0.2, 0.25) is 0 Å². The van der Waals surface area contributed by atoms with Gasteiger partial charge in [0.15, 0.2) is 0 Å². The van der Waals surface area contributed by atoms with Gasteiger partial charge in [0.25, 0.3) is 0 Å². The van der Waals surface area contributed by atoms with E-state index in [4.69, 9.17) is 5.73 Å². The molecule has 4 bridgehead atoms. The molecule has 3 aliphatic carbocycles. The molecular weight excluding hydrogens is 352 g/mol. The van der Waals surface area contributed by atoms with Crippen LogP contribution in [0.3, 0.4) is 0 Å². The maximum absolute atomic E-state index is 13.1. The summed E-state index contributed by atoms with van der Waals surface area (Å²) in [6.45, 7) is 0. The summed E-state index contributed by atoms with van der Waals surface area (Å²) < 4.78 is 0. The monoisotopic (exact) mass is 378 g/mol. The fraction of sp³-hybridized carbons (Fsp3) is 0.524. The number of fused-ring (bicyclic) bond motifs is 2. The Hall–Kier alpha value is -2.70. The molecule has 3 heterocycles. The zero-order chi connectivity index (χ0) is 19.3. The topological polar surface area (TPSA) is 96.5 Å². The molecule has 7 nitrogen and oxygen atoms in total. The minimum atomic E-state index is 0.00858. The summed E-state index contributed by atoms with van der Waals surface area (Å²) in [7, 11) is 1.69. The number of amides is 1. The number of aliphatic imine (C=N–C) groups is 1. The summed E-state index contributed by atoms with van der Waals surface area (Å²) >= 11 is 0.